The van der Waals surface area contributed by atoms with Crippen LogP contribution in [0.15, 0.2) is 22.7 Å². The molecule has 0 aromatic heterocycles. The van der Waals surface area contributed by atoms with Crippen LogP contribution in [0, 0.1) is 0 Å². The summed E-state index contributed by atoms with van der Waals surface area (Å²) in [5, 5.41) is 0.449. The molecule has 0 bridgehead atoms. The van der Waals surface area contributed by atoms with Crippen LogP contribution in [0.25, 0.3) is 0 Å². The van der Waals surface area contributed by atoms with Crippen molar-refractivity contribution in [2.45, 2.75) is 5.75 Å². The summed E-state index contributed by atoms with van der Waals surface area (Å²) in [6.45, 7) is 0.135. The molecule has 1 rings (SSSR count). The lowest BCUT2D eigenvalue weighted by Gasteiger charge is -2.05. The summed E-state index contributed by atoms with van der Waals surface area (Å²) in [7, 11) is -3.14. The molecule has 1 aromatic rings. The van der Waals surface area contributed by atoms with E-state index in [4.69, 9.17) is 17.3 Å². The van der Waals surface area contributed by atoms with Crippen LogP contribution in [0.1, 0.15) is 5.56 Å². The van der Waals surface area contributed by atoms with Crippen molar-refractivity contribution in [3.8, 4) is 0 Å². The summed E-state index contributed by atoms with van der Waals surface area (Å²) in [4.78, 5) is 0. The van der Waals surface area contributed by atoms with Gasteiger partial charge in [0.05, 0.1) is 11.5 Å². The third-order valence-corrected chi connectivity index (χ3v) is 4.27. The molecule has 0 fully saturated rings. The third kappa shape index (κ3) is 4.10. The topological polar surface area (TPSA) is 60.2 Å². The first kappa shape index (κ1) is 13.0. The Kier molecular flexibility index (Phi) is 4.58. The van der Waals surface area contributed by atoms with Crippen molar-refractivity contribution in [2.24, 2.45) is 5.73 Å². The van der Waals surface area contributed by atoms with Gasteiger partial charge in [-0.05, 0) is 17.7 Å². The van der Waals surface area contributed by atoms with Gasteiger partial charge < -0.3 is 5.73 Å². The van der Waals surface area contributed by atoms with Crippen molar-refractivity contribution in [1.82, 2.24) is 0 Å². The van der Waals surface area contributed by atoms with Crippen LogP contribution in [0.3, 0.4) is 0 Å². The first-order valence-corrected chi connectivity index (χ1v) is 7.28. The van der Waals surface area contributed by atoms with Crippen LogP contribution < -0.4 is 5.73 Å². The predicted octanol–water partition coefficient (Wildman–Crippen LogP) is 1.98. The molecule has 0 amide bonds. The van der Waals surface area contributed by atoms with Gasteiger partial charge in [0.25, 0.3) is 0 Å². The van der Waals surface area contributed by atoms with E-state index in [1.54, 1.807) is 18.2 Å². The van der Waals surface area contributed by atoms with E-state index in [2.05, 4.69) is 15.9 Å². The zero-order valence-corrected chi connectivity index (χ0v) is 11.1. The maximum absolute atomic E-state index is 11.5. The van der Waals surface area contributed by atoms with Crippen LogP contribution >= 0.6 is 27.5 Å². The van der Waals surface area contributed by atoms with Gasteiger partial charge in [-0.1, -0.05) is 33.6 Å². The van der Waals surface area contributed by atoms with Gasteiger partial charge in [0.2, 0.25) is 0 Å². The Morgan fingerprint density at radius 2 is 2.07 bits per heavy atom. The molecule has 6 heteroatoms. The molecule has 0 atom stereocenters. The van der Waals surface area contributed by atoms with Crippen LogP contribution in [0.5, 0.6) is 0 Å². The van der Waals surface area contributed by atoms with Crippen LogP contribution in [0.4, 0.5) is 0 Å². The Morgan fingerprint density at radius 1 is 1.40 bits per heavy atom. The fourth-order valence-electron chi connectivity index (χ4n) is 1.13. The molecule has 84 valence electrons. The highest BCUT2D eigenvalue weighted by Gasteiger charge is 2.13. The summed E-state index contributed by atoms with van der Waals surface area (Å²) in [5.74, 6) is -0.0737. The Balaban J connectivity index is 2.90. The van der Waals surface area contributed by atoms with E-state index < -0.39 is 9.84 Å². The lowest BCUT2D eigenvalue weighted by Crippen LogP contribution is -2.17. The van der Waals surface area contributed by atoms with Crippen molar-refractivity contribution in [1.29, 1.82) is 0 Å². The van der Waals surface area contributed by atoms with E-state index in [0.717, 1.165) is 4.47 Å². The molecule has 3 nitrogen and oxygen atoms in total. The molecule has 0 aliphatic rings. The highest BCUT2D eigenvalue weighted by Crippen LogP contribution is 2.23. The van der Waals surface area contributed by atoms with Gasteiger partial charge in [-0.25, -0.2) is 8.42 Å². The quantitative estimate of drug-likeness (QED) is 0.925. The van der Waals surface area contributed by atoms with Crippen molar-refractivity contribution in [3.63, 3.8) is 0 Å². The molecule has 0 saturated carbocycles. The molecule has 0 unspecified atom stereocenters. The molecule has 0 aliphatic carbocycles. The van der Waals surface area contributed by atoms with Gasteiger partial charge in [0.15, 0.2) is 9.84 Å². The molecule has 1 aromatic carbocycles. The van der Waals surface area contributed by atoms with Crippen molar-refractivity contribution in [3.05, 3.63) is 33.3 Å². The summed E-state index contributed by atoms with van der Waals surface area (Å²) in [6.07, 6.45) is 0. The maximum Gasteiger partial charge on any atom is 0.155 e. The molecular weight excluding hydrogens is 302 g/mol. The van der Waals surface area contributed by atoms with E-state index in [0.29, 0.717) is 10.6 Å². The number of rotatable bonds is 4. The maximum atomic E-state index is 11.5. The smallest absolute Gasteiger partial charge is 0.155 e. The fraction of sp³-hybridized carbons (Fsp3) is 0.333. The lowest BCUT2D eigenvalue weighted by atomic mass is 10.2. The summed E-state index contributed by atoms with van der Waals surface area (Å²) in [6, 6.07) is 5.13. The zero-order chi connectivity index (χ0) is 11.5. The molecule has 0 saturated heterocycles. The van der Waals surface area contributed by atoms with Crippen LogP contribution in [0.2, 0.25) is 5.02 Å². The highest BCUT2D eigenvalue weighted by molar-refractivity contribution is 9.10. The molecule has 0 spiro atoms. The van der Waals surface area contributed by atoms with Gasteiger partial charge in [0.1, 0.15) is 0 Å². The second-order valence-corrected chi connectivity index (χ2v) is 6.62. The molecule has 0 heterocycles. The fourth-order valence-corrected chi connectivity index (χ4v) is 3.18. The Hall–Kier alpha value is -0.100. The van der Waals surface area contributed by atoms with Crippen LogP contribution in [-0.4, -0.2) is 20.7 Å². The van der Waals surface area contributed by atoms with Crippen LogP contribution in [-0.2, 0) is 15.6 Å². The Morgan fingerprint density at radius 3 is 2.60 bits per heavy atom. The number of sulfone groups is 1. The average molecular weight is 313 g/mol. The average Bonchev–Trinajstić information content (AvgIpc) is 2.09. The number of hydrogen-bond acceptors (Lipinski definition) is 3. The van der Waals surface area contributed by atoms with Crippen molar-refractivity contribution >= 4 is 37.4 Å². The first-order chi connectivity index (χ1) is 6.94. The number of benzene rings is 1. The van der Waals surface area contributed by atoms with Crippen molar-refractivity contribution < 1.29 is 8.42 Å². The number of hydrogen-bond donors (Lipinski definition) is 1. The Labute approximate surface area is 103 Å². The minimum absolute atomic E-state index is 0.0145. The van der Waals surface area contributed by atoms with E-state index in [1.165, 1.54) is 0 Å². The van der Waals surface area contributed by atoms with E-state index >= 15 is 0 Å². The van der Waals surface area contributed by atoms with Gasteiger partial charge in [-0.3, -0.25) is 0 Å². The summed E-state index contributed by atoms with van der Waals surface area (Å²) >= 11 is 9.16. The minimum atomic E-state index is -3.14. The first-order valence-electron chi connectivity index (χ1n) is 4.29. The third-order valence-electron chi connectivity index (χ3n) is 1.82. The lowest BCUT2D eigenvalue weighted by molar-refractivity contribution is 0.595. The number of nitrogens with two attached hydrogens (primary N) is 1. The van der Waals surface area contributed by atoms with Gasteiger partial charge >= 0.3 is 0 Å². The molecular formula is C9H11BrClNO2S. The number of halogens is 2. The molecule has 15 heavy (non-hydrogen) atoms. The second kappa shape index (κ2) is 5.30. The monoisotopic (exact) mass is 311 g/mol. The minimum Gasteiger partial charge on any atom is -0.329 e. The highest BCUT2D eigenvalue weighted by atomic mass is 79.9. The largest absolute Gasteiger partial charge is 0.329 e. The van der Waals surface area contributed by atoms with Gasteiger partial charge in [-0.2, -0.15) is 0 Å². The Bertz CT molecular complexity index is 447. The van der Waals surface area contributed by atoms with Gasteiger partial charge in [-0.15, -0.1) is 0 Å². The van der Waals surface area contributed by atoms with E-state index in [-0.39, 0.29) is 18.1 Å². The molecule has 0 aliphatic heterocycles. The van der Waals surface area contributed by atoms with E-state index in [9.17, 15) is 8.42 Å². The predicted molar refractivity (Wildman–Crippen MR) is 65.7 cm³/mol. The zero-order valence-electron chi connectivity index (χ0n) is 7.91. The summed E-state index contributed by atoms with van der Waals surface area (Å²) < 4.78 is 23.8. The van der Waals surface area contributed by atoms with Gasteiger partial charge in [0, 0.05) is 16.0 Å². The molecule has 0 radical (unpaired) electrons. The standard InChI is InChI=1S/C9H11BrClNO2S/c10-8-2-1-7(9(11)5-8)6-15(13,14)4-3-12/h1-2,5H,3-4,6,12H2. The molecule has 2 N–H and O–H groups in total. The normalized spacial score (nSPS) is 11.7. The SMILES string of the molecule is NCCS(=O)(=O)Cc1ccc(Br)cc1Cl. The second-order valence-electron chi connectivity index (χ2n) is 3.12. The summed E-state index contributed by atoms with van der Waals surface area (Å²) in [5.41, 5.74) is 5.82. The van der Waals surface area contributed by atoms with E-state index in [1.807, 2.05) is 0 Å². The van der Waals surface area contributed by atoms with Crippen molar-refractivity contribution in [2.75, 3.05) is 12.3 Å².